The van der Waals surface area contributed by atoms with Gasteiger partial charge < -0.3 is 9.90 Å². The Balaban J connectivity index is 2.28. The molecule has 94 valence electrons. The van der Waals surface area contributed by atoms with Crippen LogP contribution in [0, 0.1) is 0 Å². The van der Waals surface area contributed by atoms with E-state index in [1.807, 2.05) is 0 Å². The van der Waals surface area contributed by atoms with Crippen molar-refractivity contribution in [2.45, 2.75) is 4.90 Å². The molecule has 0 fully saturated rings. The van der Waals surface area contributed by atoms with E-state index in [2.05, 4.69) is 4.72 Å². The van der Waals surface area contributed by atoms with Crippen LogP contribution in [0.5, 0.6) is 0 Å². The van der Waals surface area contributed by atoms with Gasteiger partial charge >= 0.3 is 0 Å². The lowest BCUT2D eigenvalue weighted by Crippen LogP contribution is -2.21. The molecule has 1 aromatic carbocycles. The Morgan fingerprint density at radius 3 is 2.44 bits per heavy atom. The van der Waals surface area contributed by atoms with E-state index < -0.39 is 16.0 Å². The number of carboxylic acid groups (broad SMARTS) is 1. The van der Waals surface area contributed by atoms with Crippen LogP contribution in [0.2, 0.25) is 0 Å². The van der Waals surface area contributed by atoms with Crippen molar-refractivity contribution in [3.63, 3.8) is 0 Å². The molecule has 2 rings (SSSR count). The van der Waals surface area contributed by atoms with Crippen molar-refractivity contribution in [1.82, 2.24) is 0 Å². The smallest absolute Gasteiger partial charge is 0.262 e. The van der Waals surface area contributed by atoms with Gasteiger partial charge in [0.25, 0.3) is 10.0 Å². The van der Waals surface area contributed by atoms with E-state index in [4.69, 9.17) is 0 Å². The fourth-order valence-electron chi connectivity index (χ4n) is 1.29. The molecule has 7 heteroatoms. The van der Waals surface area contributed by atoms with Crippen molar-refractivity contribution in [2.75, 3.05) is 4.72 Å². The molecule has 0 aliphatic rings. The average Bonchev–Trinajstić information content (AvgIpc) is 2.79. The largest absolute Gasteiger partial charge is 0.544 e. The summed E-state index contributed by atoms with van der Waals surface area (Å²) in [5, 5.41) is 11.8. The molecule has 0 unspecified atom stereocenters. The SMILES string of the molecule is O=C([O-])c1cc(S(=O)(=O)Nc2ccccc2)cs1. The van der Waals surface area contributed by atoms with Crippen LogP contribution in [0.25, 0.3) is 0 Å². The van der Waals surface area contributed by atoms with Crippen LogP contribution < -0.4 is 9.83 Å². The van der Waals surface area contributed by atoms with Crippen LogP contribution in [0.1, 0.15) is 9.67 Å². The van der Waals surface area contributed by atoms with Gasteiger partial charge in [0.15, 0.2) is 0 Å². The molecule has 0 aliphatic heterocycles. The zero-order chi connectivity index (χ0) is 13.2. The second-order valence-corrected chi connectivity index (χ2v) is 6.00. The highest BCUT2D eigenvalue weighted by atomic mass is 32.2. The first-order chi connectivity index (χ1) is 8.49. The van der Waals surface area contributed by atoms with Gasteiger partial charge in [-0.15, -0.1) is 11.3 Å². The Kier molecular flexibility index (Phi) is 3.35. The van der Waals surface area contributed by atoms with E-state index in [0.717, 1.165) is 17.4 Å². The van der Waals surface area contributed by atoms with Crippen molar-refractivity contribution < 1.29 is 18.3 Å². The summed E-state index contributed by atoms with van der Waals surface area (Å²) in [6.07, 6.45) is 0. The quantitative estimate of drug-likeness (QED) is 0.903. The molecule has 2 aromatic rings. The first-order valence-corrected chi connectivity index (χ1v) is 7.23. The van der Waals surface area contributed by atoms with Crippen molar-refractivity contribution in [2.24, 2.45) is 0 Å². The predicted molar refractivity (Wildman–Crippen MR) is 65.9 cm³/mol. The number of rotatable bonds is 4. The lowest BCUT2D eigenvalue weighted by Gasteiger charge is -2.05. The maximum Gasteiger partial charge on any atom is 0.262 e. The molecule has 0 aliphatic carbocycles. The molecular formula is C11H8NO4S2-. The molecule has 0 radical (unpaired) electrons. The Morgan fingerprint density at radius 2 is 1.89 bits per heavy atom. The van der Waals surface area contributed by atoms with Gasteiger partial charge in [0.2, 0.25) is 0 Å². The summed E-state index contributed by atoms with van der Waals surface area (Å²) in [6, 6.07) is 9.42. The van der Waals surface area contributed by atoms with Gasteiger partial charge in [-0.2, -0.15) is 0 Å². The first kappa shape index (κ1) is 12.6. The molecule has 0 saturated heterocycles. The third-order valence-corrected chi connectivity index (χ3v) is 4.53. The van der Waals surface area contributed by atoms with E-state index in [9.17, 15) is 18.3 Å². The molecule has 0 amide bonds. The number of hydrogen-bond donors (Lipinski definition) is 1. The molecule has 0 spiro atoms. The van der Waals surface area contributed by atoms with E-state index >= 15 is 0 Å². The van der Waals surface area contributed by atoms with Crippen LogP contribution >= 0.6 is 11.3 Å². The van der Waals surface area contributed by atoms with Crippen LogP contribution in [0.4, 0.5) is 5.69 Å². The van der Waals surface area contributed by atoms with Crippen LogP contribution in [-0.4, -0.2) is 14.4 Å². The normalized spacial score (nSPS) is 11.1. The van der Waals surface area contributed by atoms with Gasteiger partial charge in [0.1, 0.15) is 0 Å². The fourth-order valence-corrected chi connectivity index (χ4v) is 3.45. The Morgan fingerprint density at radius 1 is 1.22 bits per heavy atom. The molecule has 0 saturated carbocycles. The number of sulfonamides is 1. The van der Waals surface area contributed by atoms with Gasteiger partial charge in [-0.1, -0.05) is 18.2 Å². The van der Waals surface area contributed by atoms with Crippen LogP contribution in [-0.2, 0) is 10.0 Å². The summed E-state index contributed by atoms with van der Waals surface area (Å²) in [6.45, 7) is 0. The van der Waals surface area contributed by atoms with E-state index in [-0.39, 0.29) is 9.77 Å². The van der Waals surface area contributed by atoms with Gasteiger partial charge in [0, 0.05) is 11.1 Å². The molecule has 1 aromatic heterocycles. The predicted octanol–water partition coefficient (Wildman–Crippen LogP) is 0.912. The fraction of sp³-hybridized carbons (Fsp3) is 0. The lowest BCUT2D eigenvalue weighted by molar-refractivity contribution is -0.254. The summed E-state index contributed by atoms with van der Waals surface area (Å²) in [7, 11) is -3.76. The average molecular weight is 282 g/mol. The minimum absolute atomic E-state index is 0.0875. The van der Waals surface area contributed by atoms with E-state index in [1.54, 1.807) is 30.3 Å². The monoisotopic (exact) mass is 282 g/mol. The number of aromatic carboxylic acids is 1. The van der Waals surface area contributed by atoms with Crippen molar-refractivity contribution in [3.8, 4) is 0 Å². The topological polar surface area (TPSA) is 86.3 Å². The number of carboxylic acids is 1. The number of carbonyl (C=O) groups excluding carboxylic acids is 1. The molecule has 0 bridgehead atoms. The second-order valence-electron chi connectivity index (χ2n) is 3.41. The zero-order valence-corrected chi connectivity index (χ0v) is 10.6. The number of thiophene rings is 1. The number of nitrogens with one attached hydrogen (secondary N) is 1. The second kappa shape index (κ2) is 4.79. The Bertz CT molecular complexity index is 661. The summed E-state index contributed by atoms with van der Waals surface area (Å²) in [5.74, 6) is -1.39. The summed E-state index contributed by atoms with van der Waals surface area (Å²) >= 11 is 0.814. The van der Waals surface area contributed by atoms with Crippen LogP contribution in [0.15, 0.2) is 46.7 Å². The maximum absolute atomic E-state index is 11.9. The van der Waals surface area contributed by atoms with Crippen molar-refractivity contribution in [3.05, 3.63) is 46.7 Å². The Hall–Kier alpha value is -1.86. The number of hydrogen-bond acceptors (Lipinski definition) is 5. The summed E-state index contributed by atoms with van der Waals surface area (Å²) < 4.78 is 26.2. The van der Waals surface area contributed by atoms with Gasteiger partial charge in [-0.25, -0.2) is 8.42 Å². The van der Waals surface area contributed by atoms with Gasteiger partial charge in [-0.05, 0) is 18.2 Å². The maximum atomic E-state index is 11.9. The van der Waals surface area contributed by atoms with Crippen LogP contribution in [0.3, 0.4) is 0 Å². The molecular weight excluding hydrogens is 274 g/mol. The molecule has 1 heterocycles. The van der Waals surface area contributed by atoms with E-state index in [1.165, 1.54) is 5.38 Å². The number of carbonyl (C=O) groups is 1. The first-order valence-electron chi connectivity index (χ1n) is 4.87. The highest BCUT2D eigenvalue weighted by Crippen LogP contribution is 2.21. The number of para-hydroxylation sites is 1. The lowest BCUT2D eigenvalue weighted by atomic mass is 10.3. The summed E-state index contributed by atoms with van der Waals surface area (Å²) in [4.78, 5) is 10.4. The highest BCUT2D eigenvalue weighted by Gasteiger charge is 2.16. The molecule has 5 nitrogen and oxygen atoms in total. The number of benzene rings is 1. The highest BCUT2D eigenvalue weighted by molar-refractivity contribution is 7.92. The third kappa shape index (κ3) is 2.69. The standard InChI is InChI=1S/C11H9NO4S2/c13-11(14)10-6-9(7-17-10)18(15,16)12-8-4-2-1-3-5-8/h1-7,12H,(H,13,14)/p-1. The van der Waals surface area contributed by atoms with Crippen molar-refractivity contribution >= 4 is 33.0 Å². The Labute approximate surface area is 108 Å². The number of anilines is 1. The van der Waals surface area contributed by atoms with E-state index in [0.29, 0.717) is 5.69 Å². The van der Waals surface area contributed by atoms with Crippen molar-refractivity contribution in [1.29, 1.82) is 0 Å². The van der Waals surface area contributed by atoms with Gasteiger partial charge in [-0.3, -0.25) is 4.72 Å². The molecule has 1 N–H and O–H groups in total. The zero-order valence-electron chi connectivity index (χ0n) is 8.99. The minimum Gasteiger partial charge on any atom is -0.544 e. The third-order valence-electron chi connectivity index (χ3n) is 2.11. The minimum atomic E-state index is -3.76. The summed E-state index contributed by atoms with van der Waals surface area (Å²) in [5.41, 5.74) is 0.415. The molecule has 18 heavy (non-hydrogen) atoms. The molecule has 0 atom stereocenters. The van der Waals surface area contributed by atoms with Gasteiger partial charge in [0.05, 0.1) is 15.7 Å².